The summed E-state index contributed by atoms with van der Waals surface area (Å²) in [6.45, 7) is 2.77. The van der Waals surface area contributed by atoms with E-state index in [4.69, 9.17) is 9.47 Å². The van der Waals surface area contributed by atoms with Crippen molar-refractivity contribution in [3.05, 3.63) is 53.6 Å². The number of aryl methyl sites for hydroxylation is 1. The van der Waals surface area contributed by atoms with Crippen LogP contribution < -0.4 is 19.7 Å². The van der Waals surface area contributed by atoms with Crippen LogP contribution in [0, 0.1) is 12.8 Å². The Bertz CT molecular complexity index is 833. The zero-order valence-electron chi connectivity index (χ0n) is 15.8. The van der Waals surface area contributed by atoms with Gasteiger partial charge in [-0.05, 0) is 36.8 Å². The van der Waals surface area contributed by atoms with Crippen molar-refractivity contribution >= 4 is 17.5 Å². The zero-order valence-corrected chi connectivity index (χ0v) is 15.8. The van der Waals surface area contributed by atoms with Gasteiger partial charge >= 0.3 is 0 Å². The van der Waals surface area contributed by atoms with Crippen LogP contribution in [-0.2, 0) is 16.1 Å². The van der Waals surface area contributed by atoms with E-state index in [0.717, 1.165) is 16.8 Å². The van der Waals surface area contributed by atoms with E-state index in [-0.39, 0.29) is 24.2 Å². The Kier molecular flexibility index (Phi) is 5.64. The van der Waals surface area contributed by atoms with Crippen LogP contribution in [0.5, 0.6) is 11.5 Å². The van der Waals surface area contributed by atoms with Gasteiger partial charge in [-0.2, -0.15) is 0 Å². The molecule has 1 fully saturated rings. The molecule has 1 atom stereocenters. The third-order valence-electron chi connectivity index (χ3n) is 4.76. The zero-order chi connectivity index (χ0) is 19.4. The molecule has 142 valence electrons. The second-order valence-corrected chi connectivity index (χ2v) is 6.65. The summed E-state index contributed by atoms with van der Waals surface area (Å²) in [4.78, 5) is 26.5. The van der Waals surface area contributed by atoms with E-state index >= 15 is 0 Å². The van der Waals surface area contributed by atoms with E-state index < -0.39 is 0 Å². The van der Waals surface area contributed by atoms with Crippen LogP contribution in [0.4, 0.5) is 5.69 Å². The quantitative estimate of drug-likeness (QED) is 0.851. The first kappa shape index (κ1) is 18.8. The van der Waals surface area contributed by atoms with E-state index in [9.17, 15) is 9.59 Å². The van der Waals surface area contributed by atoms with E-state index in [1.165, 1.54) is 0 Å². The van der Waals surface area contributed by atoms with Crippen molar-refractivity contribution in [3.63, 3.8) is 0 Å². The summed E-state index contributed by atoms with van der Waals surface area (Å²) in [5.74, 6) is 0.769. The molecule has 27 heavy (non-hydrogen) atoms. The van der Waals surface area contributed by atoms with Crippen molar-refractivity contribution in [2.24, 2.45) is 5.92 Å². The molecule has 6 nitrogen and oxygen atoms in total. The Labute approximate surface area is 159 Å². The normalized spacial score (nSPS) is 16.3. The Morgan fingerprint density at radius 2 is 1.81 bits per heavy atom. The summed E-state index contributed by atoms with van der Waals surface area (Å²) < 4.78 is 10.5. The largest absolute Gasteiger partial charge is 0.493 e. The van der Waals surface area contributed by atoms with E-state index in [0.29, 0.717) is 24.6 Å². The van der Waals surface area contributed by atoms with E-state index in [2.05, 4.69) is 5.32 Å². The highest BCUT2D eigenvalue weighted by Crippen LogP contribution is 2.28. The number of rotatable bonds is 6. The fourth-order valence-corrected chi connectivity index (χ4v) is 3.18. The number of carbonyl (C=O) groups excluding carboxylic acids is 2. The molecule has 2 amide bonds. The number of methoxy groups -OCH3 is 2. The van der Waals surface area contributed by atoms with E-state index in [1.807, 2.05) is 43.3 Å². The first-order chi connectivity index (χ1) is 13.0. The summed E-state index contributed by atoms with van der Waals surface area (Å²) in [6.07, 6.45) is 0.228. The molecule has 1 unspecified atom stereocenters. The van der Waals surface area contributed by atoms with Gasteiger partial charge in [0.05, 0.1) is 20.1 Å². The maximum Gasteiger partial charge on any atom is 0.227 e. The van der Waals surface area contributed by atoms with Crippen LogP contribution in [0.1, 0.15) is 17.5 Å². The molecule has 0 saturated carbocycles. The summed E-state index contributed by atoms with van der Waals surface area (Å²) in [7, 11) is 3.15. The molecule has 0 aliphatic carbocycles. The third kappa shape index (κ3) is 4.22. The maximum absolute atomic E-state index is 12.5. The lowest BCUT2D eigenvalue weighted by atomic mass is 10.1. The van der Waals surface area contributed by atoms with Crippen LogP contribution in [0.3, 0.4) is 0 Å². The fourth-order valence-electron chi connectivity index (χ4n) is 3.18. The Hall–Kier alpha value is -3.02. The number of benzene rings is 2. The van der Waals surface area contributed by atoms with Gasteiger partial charge in [0.15, 0.2) is 11.5 Å². The van der Waals surface area contributed by atoms with Gasteiger partial charge in [-0.15, -0.1) is 0 Å². The van der Waals surface area contributed by atoms with Crippen LogP contribution in [-0.4, -0.2) is 32.6 Å². The standard InChI is InChI=1S/C21H24N2O4/c1-14-4-7-17(8-5-14)23-13-16(11-20(23)24)21(25)22-12-15-6-9-18(26-2)19(10-15)27-3/h4-10,16H,11-13H2,1-3H3,(H,22,25). The molecule has 2 aromatic carbocycles. The van der Waals surface area contributed by atoms with Crippen molar-refractivity contribution in [2.45, 2.75) is 19.9 Å². The molecule has 1 aliphatic heterocycles. The molecule has 1 N–H and O–H groups in total. The highest BCUT2D eigenvalue weighted by Gasteiger charge is 2.34. The minimum atomic E-state index is -0.348. The molecule has 1 heterocycles. The molecule has 0 radical (unpaired) electrons. The highest BCUT2D eigenvalue weighted by atomic mass is 16.5. The second kappa shape index (κ2) is 8.12. The predicted octanol–water partition coefficient (Wildman–Crippen LogP) is 2.68. The van der Waals surface area contributed by atoms with Crippen molar-refractivity contribution < 1.29 is 19.1 Å². The predicted molar refractivity (Wildman–Crippen MR) is 103 cm³/mol. The summed E-state index contributed by atoms with van der Waals surface area (Å²) in [6, 6.07) is 13.3. The van der Waals surface area contributed by atoms with Crippen molar-refractivity contribution in [2.75, 3.05) is 25.7 Å². The topological polar surface area (TPSA) is 67.9 Å². The number of anilines is 1. The number of amides is 2. The summed E-state index contributed by atoms with van der Waals surface area (Å²) >= 11 is 0. The number of carbonyl (C=O) groups is 2. The van der Waals surface area contributed by atoms with E-state index in [1.54, 1.807) is 25.2 Å². The van der Waals surface area contributed by atoms with Gasteiger partial charge in [-0.3, -0.25) is 9.59 Å². The third-order valence-corrected chi connectivity index (χ3v) is 4.76. The van der Waals surface area contributed by atoms with Crippen molar-refractivity contribution in [1.29, 1.82) is 0 Å². The van der Waals surface area contributed by atoms with Gasteiger partial charge in [0.25, 0.3) is 0 Å². The average molecular weight is 368 g/mol. The number of hydrogen-bond acceptors (Lipinski definition) is 4. The molecule has 2 aromatic rings. The SMILES string of the molecule is COc1ccc(CNC(=O)C2CC(=O)N(c3ccc(C)cc3)C2)cc1OC. The first-order valence-corrected chi connectivity index (χ1v) is 8.87. The van der Waals surface area contributed by atoms with Crippen LogP contribution in [0.25, 0.3) is 0 Å². The van der Waals surface area contributed by atoms with Crippen molar-refractivity contribution in [1.82, 2.24) is 5.32 Å². The molecular formula is C21H24N2O4. The minimum absolute atomic E-state index is 0.0230. The smallest absolute Gasteiger partial charge is 0.227 e. The Morgan fingerprint density at radius 3 is 2.48 bits per heavy atom. The average Bonchev–Trinajstić information content (AvgIpc) is 3.08. The van der Waals surface area contributed by atoms with Crippen molar-refractivity contribution in [3.8, 4) is 11.5 Å². The number of nitrogens with zero attached hydrogens (tertiary/aromatic N) is 1. The van der Waals surface area contributed by atoms with Crippen LogP contribution in [0.15, 0.2) is 42.5 Å². The van der Waals surface area contributed by atoms with Gasteiger partial charge < -0.3 is 19.7 Å². The molecule has 0 bridgehead atoms. The molecule has 3 rings (SSSR count). The highest BCUT2D eigenvalue weighted by molar-refractivity contribution is 6.00. The van der Waals surface area contributed by atoms with Crippen LogP contribution in [0.2, 0.25) is 0 Å². The fraction of sp³-hybridized carbons (Fsp3) is 0.333. The number of ether oxygens (including phenoxy) is 2. The Morgan fingerprint density at radius 1 is 1.11 bits per heavy atom. The van der Waals surface area contributed by atoms with Gasteiger partial charge in [0.2, 0.25) is 11.8 Å². The van der Waals surface area contributed by atoms with Gasteiger partial charge in [-0.25, -0.2) is 0 Å². The monoisotopic (exact) mass is 368 g/mol. The lowest BCUT2D eigenvalue weighted by Crippen LogP contribution is -2.32. The number of hydrogen-bond donors (Lipinski definition) is 1. The lowest BCUT2D eigenvalue weighted by Gasteiger charge is -2.17. The van der Waals surface area contributed by atoms with Gasteiger partial charge in [-0.1, -0.05) is 23.8 Å². The molecule has 1 aliphatic rings. The van der Waals surface area contributed by atoms with Gasteiger partial charge in [0, 0.05) is 25.2 Å². The molecule has 0 aromatic heterocycles. The lowest BCUT2D eigenvalue weighted by molar-refractivity contribution is -0.126. The summed E-state index contributed by atoms with van der Waals surface area (Å²) in [5, 5.41) is 2.92. The first-order valence-electron chi connectivity index (χ1n) is 8.87. The molecule has 1 saturated heterocycles. The van der Waals surface area contributed by atoms with Crippen LogP contribution >= 0.6 is 0 Å². The number of nitrogens with one attached hydrogen (secondary N) is 1. The molecule has 0 spiro atoms. The molecular weight excluding hydrogens is 344 g/mol. The maximum atomic E-state index is 12.5. The van der Waals surface area contributed by atoms with Gasteiger partial charge in [0.1, 0.15) is 0 Å². The molecule has 6 heteroatoms. The minimum Gasteiger partial charge on any atom is -0.493 e. The Balaban J connectivity index is 1.60. The summed E-state index contributed by atoms with van der Waals surface area (Å²) in [5.41, 5.74) is 2.87. The second-order valence-electron chi connectivity index (χ2n) is 6.65.